The van der Waals surface area contributed by atoms with Crippen molar-refractivity contribution in [2.24, 2.45) is 0 Å². The third-order valence-corrected chi connectivity index (χ3v) is 5.90. The predicted octanol–water partition coefficient (Wildman–Crippen LogP) is 4.98. The van der Waals surface area contributed by atoms with Crippen LogP contribution in [0.3, 0.4) is 0 Å². The van der Waals surface area contributed by atoms with Crippen LogP contribution < -0.4 is 9.47 Å². The van der Waals surface area contributed by atoms with E-state index in [0.29, 0.717) is 23.7 Å². The second kappa shape index (κ2) is 8.43. The standard InChI is InChI=1S/C26H22FN3O3/c1-32-20-13-10-18(14-21(20)33-2)25-22-23(17-6-4-3-5-7-17)28-29-24(22)26(31)30(25)15-16-8-11-19(27)12-9-16/h3-14,25H,15H2,1-2H3,(H,28,29). The highest BCUT2D eigenvalue weighted by Crippen LogP contribution is 2.45. The zero-order valence-electron chi connectivity index (χ0n) is 18.2. The number of ether oxygens (including phenoxy) is 2. The number of nitrogens with one attached hydrogen (secondary N) is 1. The van der Waals surface area contributed by atoms with Crippen molar-refractivity contribution in [2.75, 3.05) is 14.2 Å². The Labute approximate surface area is 190 Å². The zero-order valence-corrected chi connectivity index (χ0v) is 18.2. The molecule has 0 fully saturated rings. The third-order valence-electron chi connectivity index (χ3n) is 5.90. The van der Waals surface area contributed by atoms with Crippen molar-refractivity contribution in [3.63, 3.8) is 0 Å². The molecule has 1 amide bonds. The Balaban J connectivity index is 1.65. The number of hydrogen-bond acceptors (Lipinski definition) is 4. The molecule has 1 aliphatic heterocycles. The number of H-pyrrole nitrogens is 1. The van der Waals surface area contributed by atoms with Crippen LogP contribution in [0.1, 0.15) is 33.2 Å². The number of carbonyl (C=O) groups is 1. The lowest BCUT2D eigenvalue weighted by molar-refractivity contribution is 0.0730. The van der Waals surface area contributed by atoms with E-state index in [0.717, 1.165) is 27.9 Å². The summed E-state index contributed by atoms with van der Waals surface area (Å²) in [7, 11) is 3.16. The molecule has 3 aromatic carbocycles. The summed E-state index contributed by atoms with van der Waals surface area (Å²) in [5, 5.41) is 7.44. The predicted molar refractivity (Wildman–Crippen MR) is 122 cm³/mol. The minimum Gasteiger partial charge on any atom is -0.493 e. The maximum atomic E-state index is 13.5. The van der Waals surface area contributed by atoms with E-state index in [9.17, 15) is 9.18 Å². The molecule has 6 nitrogen and oxygen atoms in total. The highest BCUT2D eigenvalue weighted by atomic mass is 19.1. The Bertz CT molecular complexity index is 1300. The van der Waals surface area contributed by atoms with Crippen LogP contribution >= 0.6 is 0 Å². The molecule has 7 heteroatoms. The van der Waals surface area contributed by atoms with Crippen molar-refractivity contribution in [3.8, 4) is 22.8 Å². The van der Waals surface area contributed by atoms with Gasteiger partial charge >= 0.3 is 0 Å². The van der Waals surface area contributed by atoms with Crippen molar-refractivity contribution in [1.82, 2.24) is 15.1 Å². The maximum Gasteiger partial charge on any atom is 0.273 e. The van der Waals surface area contributed by atoms with Crippen LogP contribution in [0.4, 0.5) is 4.39 Å². The molecule has 33 heavy (non-hydrogen) atoms. The van der Waals surface area contributed by atoms with Crippen molar-refractivity contribution < 1.29 is 18.7 Å². The number of amides is 1. The number of aromatic amines is 1. The number of nitrogens with zero attached hydrogens (tertiary/aromatic N) is 2. The first-order valence-corrected chi connectivity index (χ1v) is 10.5. The summed E-state index contributed by atoms with van der Waals surface area (Å²) in [6.45, 7) is 0.314. The SMILES string of the molecule is COc1ccc(C2c3c(-c4ccccc4)n[nH]c3C(=O)N2Cc2ccc(F)cc2)cc1OC. The van der Waals surface area contributed by atoms with Crippen molar-refractivity contribution in [3.05, 3.63) is 101 Å². The third kappa shape index (κ3) is 3.61. The Morgan fingerprint density at radius 3 is 2.39 bits per heavy atom. The van der Waals surface area contributed by atoms with Gasteiger partial charge in [-0.3, -0.25) is 9.89 Å². The van der Waals surface area contributed by atoms with E-state index >= 15 is 0 Å². The van der Waals surface area contributed by atoms with Gasteiger partial charge in [-0.05, 0) is 35.4 Å². The largest absolute Gasteiger partial charge is 0.493 e. The van der Waals surface area contributed by atoms with Gasteiger partial charge in [0.2, 0.25) is 0 Å². The first-order valence-electron chi connectivity index (χ1n) is 10.5. The molecule has 1 aliphatic rings. The molecule has 0 saturated carbocycles. The van der Waals surface area contributed by atoms with Crippen LogP contribution in [0.5, 0.6) is 11.5 Å². The summed E-state index contributed by atoms with van der Waals surface area (Å²) in [5.74, 6) is 0.696. The van der Waals surface area contributed by atoms with Crippen molar-refractivity contribution >= 4 is 5.91 Å². The van der Waals surface area contributed by atoms with Crippen LogP contribution in [-0.4, -0.2) is 35.2 Å². The van der Waals surface area contributed by atoms with Crippen LogP contribution in [0.25, 0.3) is 11.3 Å². The quantitative estimate of drug-likeness (QED) is 0.457. The molecule has 1 N–H and O–H groups in total. The molecule has 0 saturated heterocycles. The average molecular weight is 443 g/mol. The summed E-state index contributed by atoms with van der Waals surface area (Å²) >= 11 is 0. The Hall–Kier alpha value is -4.13. The summed E-state index contributed by atoms with van der Waals surface area (Å²) in [5.41, 5.74) is 4.59. The van der Waals surface area contributed by atoms with E-state index in [1.807, 2.05) is 48.5 Å². The van der Waals surface area contributed by atoms with E-state index in [2.05, 4.69) is 10.2 Å². The fourth-order valence-corrected chi connectivity index (χ4v) is 4.33. The zero-order chi connectivity index (χ0) is 22.9. The van der Waals surface area contributed by atoms with Gasteiger partial charge in [-0.25, -0.2) is 4.39 Å². The molecule has 166 valence electrons. The van der Waals surface area contributed by atoms with Crippen LogP contribution in [-0.2, 0) is 6.54 Å². The molecule has 0 bridgehead atoms. The summed E-state index contributed by atoms with van der Waals surface area (Å²) in [6, 6.07) is 21.2. The number of halogens is 1. The second-order valence-electron chi connectivity index (χ2n) is 7.80. The van der Waals surface area contributed by atoms with Crippen molar-refractivity contribution in [1.29, 1.82) is 0 Å². The summed E-state index contributed by atoms with van der Waals surface area (Å²) in [4.78, 5) is 15.3. The summed E-state index contributed by atoms with van der Waals surface area (Å²) in [6.07, 6.45) is 0. The smallest absolute Gasteiger partial charge is 0.273 e. The lowest BCUT2D eigenvalue weighted by Gasteiger charge is -2.27. The first-order chi connectivity index (χ1) is 16.1. The molecule has 2 heterocycles. The number of methoxy groups -OCH3 is 2. The molecular formula is C26H22FN3O3. The van der Waals surface area contributed by atoms with Crippen LogP contribution in [0.15, 0.2) is 72.8 Å². The minimum atomic E-state index is -0.411. The number of rotatable bonds is 6. The lowest BCUT2D eigenvalue weighted by Crippen LogP contribution is -2.29. The molecule has 0 aliphatic carbocycles. The lowest BCUT2D eigenvalue weighted by atomic mass is 9.95. The Morgan fingerprint density at radius 2 is 1.70 bits per heavy atom. The van der Waals surface area contributed by atoms with Gasteiger partial charge in [0.25, 0.3) is 5.91 Å². The van der Waals surface area contributed by atoms with Gasteiger partial charge in [0, 0.05) is 17.7 Å². The number of hydrogen-bond donors (Lipinski definition) is 1. The number of fused-ring (bicyclic) bond motifs is 1. The fraction of sp³-hybridized carbons (Fsp3) is 0.154. The molecule has 1 aromatic heterocycles. The Kier molecular flexibility index (Phi) is 5.30. The topological polar surface area (TPSA) is 67.5 Å². The van der Waals surface area contributed by atoms with E-state index in [4.69, 9.17) is 9.47 Å². The molecule has 1 unspecified atom stereocenters. The average Bonchev–Trinajstić information content (AvgIpc) is 3.40. The summed E-state index contributed by atoms with van der Waals surface area (Å²) < 4.78 is 24.4. The van der Waals surface area contributed by atoms with E-state index in [1.54, 1.807) is 31.3 Å². The molecule has 4 aromatic rings. The van der Waals surface area contributed by atoms with Gasteiger partial charge in [-0.2, -0.15) is 5.10 Å². The van der Waals surface area contributed by atoms with Gasteiger partial charge in [0.1, 0.15) is 11.5 Å². The molecular weight excluding hydrogens is 421 g/mol. The minimum absolute atomic E-state index is 0.163. The first kappa shape index (κ1) is 20.8. The van der Waals surface area contributed by atoms with Gasteiger partial charge in [-0.15, -0.1) is 0 Å². The van der Waals surface area contributed by atoms with Gasteiger partial charge in [-0.1, -0.05) is 48.5 Å². The maximum absolute atomic E-state index is 13.5. The van der Waals surface area contributed by atoms with E-state index in [-0.39, 0.29) is 11.7 Å². The highest BCUT2D eigenvalue weighted by Gasteiger charge is 2.42. The normalized spacial score (nSPS) is 14.9. The van der Waals surface area contributed by atoms with Gasteiger partial charge in [0.15, 0.2) is 11.5 Å². The van der Waals surface area contributed by atoms with Crippen LogP contribution in [0, 0.1) is 5.82 Å². The molecule has 1 atom stereocenters. The number of carbonyl (C=O) groups excluding carboxylic acids is 1. The van der Waals surface area contributed by atoms with Gasteiger partial charge < -0.3 is 14.4 Å². The second-order valence-corrected chi connectivity index (χ2v) is 7.80. The number of benzene rings is 3. The molecule has 0 spiro atoms. The van der Waals surface area contributed by atoms with Crippen LogP contribution in [0.2, 0.25) is 0 Å². The van der Waals surface area contributed by atoms with Gasteiger partial charge in [0.05, 0.1) is 26.0 Å². The van der Waals surface area contributed by atoms with E-state index in [1.165, 1.54) is 12.1 Å². The highest BCUT2D eigenvalue weighted by molar-refractivity contribution is 6.00. The Morgan fingerprint density at radius 1 is 0.970 bits per heavy atom. The molecule has 0 radical (unpaired) electrons. The monoisotopic (exact) mass is 443 g/mol. The molecule has 5 rings (SSSR count). The number of aromatic nitrogens is 2. The van der Waals surface area contributed by atoms with Crippen molar-refractivity contribution in [2.45, 2.75) is 12.6 Å². The van der Waals surface area contributed by atoms with E-state index < -0.39 is 6.04 Å². The fourth-order valence-electron chi connectivity index (χ4n) is 4.33.